The highest BCUT2D eigenvalue weighted by Gasteiger charge is 2.46. The van der Waals surface area contributed by atoms with Gasteiger partial charge in [0.25, 0.3) is 5.91 Å². The molecule has 0 aliphatic carbocycles. The molecule has 1 aliphatic heterocycles. The van der Waals surface area contributed by atoms with Gasteiger partial charge in [-0.2, -0.15) is 0 Å². The molecule has 2 amide bonds. The van der Waals surface area contributed by atoms with Gasteiger partial charge in [-0.15, -0.1) is 0 Å². The van der Waals surface area contributed by atoms with Crippen LogP contribution in [0.25, 0.3) is 0 Å². The summed E-state index contributed by atoms with van der Waals surface area (Å²) in [7, 11) is 18.3. The second-order valence-corrected chi connectivity index (χ2v) is 9.33. The zero-order valence-electron chi connectivity index (χ0n) is 17.3. The van der Waals surface area contributed by atoms with E-state index >= 15 is 0 Å². The smallest absolute Gasteiger partial charge is 0.251 e. The molecular formula is C19H24B3ClFN3O3. The summed E-state index contributed by atoms with van der Waals surface area (Å²) >= 11 is 5.77. The second-order valence-electron chi connectivity index (χ2n) is 8.90. The third kappa shape index (κ3) is 6.75. The fraction of sp³-hybridized carbons (Fsp3) is 0.579. The van der Waals surface area contributed by atoms with Gasteiger partial charge in [0, 0.05) is 22.7 Å². The van der Waals surface area contributed by atoms with Crippen molar-refractivity contribution in [2.75, 3.05) is 13.1 Å². The van der Waals surface area contributed by atoms with Gasteiger partial charge in [-0.05, 0) is 57.7 Å². The summed E-state index contributed by atoms with van der Waals surface area (Å²) in [6.07, 6.45) is 0.162. The van der Waals surface area contributed by atoms with Crippen LogP contribution in [0.3, 0.4) is 0 Å². The van der Waals surface area contributed by atoms with E-state index < -0.39 is 28.2 Å². The Labute approximate surface area is 185 Å². The molecule has 0 aromatic heterocycles. The van der Waals surface area contributed by atoms with E-state index in [0.717, 1.165) is 17.0 Å². The van der Waals surface area contributed by atoms with Crippen molar-refractivity contribution in [1.82, 2.24) is 15.5 Å². The highest BCUT2D eigenvalue weighted by atomic mass is 35.5. The molecule has 1 aromatic carbocycles. The third-order valence-electron chi connectivity index (χ3n) is 4.67. The number of likely N-dealkylation sites (tertiary alicyclic amines) is 1. The van der Waals surface area contributed by atoms with E-state index in [2.05, 4.69) is 10.6 Å². The van der Waals surface area contributed by atoms with Crippen LogP contribution in [0, 0.1) is 11.7 Å². The first kappa shape index (κ1) is 24.8. The Hall–Kier alpha value is -1.51. The summed E-state index contributed by atoms with van der Waals surface area (Å²) in [6.45, 7) is 5.25. The summed E-state index contributed by atoms with van der Waals surface area (Å²) in [6, 6.07) is 3.49. The van der Waals surface area contributed by atoms with E-state index in [1.807, 2.05) is 20.8 Å². The van der Waals surface area contributed by atoms with Gasteiger partial charge in [0.2, 0.25) is 5.91 Å². The number of halogens is 2. The molecule has 1 aliphatic rings. The standard InChI is InChI=1S/C19H24B3ClFN3O3/c1-17(2,3)26-15(28)10-27-18(20,21)7-11(8-19(27,22)30)9-25-16(29)12-4-13(23)6-14(24)5-12/h4-6,11,30H,7-10H2,1-3H3,(H,25,29)(H,26,28). The van der Waals surface area contributed by atoms with Crippen molar-refractivity contribution in [3.8, 4) is 0 Å². The van der Waals surface area contributed by atoms with Gasteiger partial charge in [0.05, 0.1) is 27.9 Å². The van der Waals surface area contributed by atoms with Crippen molar-refractivity contribution < 1.29 is 19.1 Å². The monoisotopic (exact) mass is 429 g/mol. The van der Waals surface area contributed by atoms with Crippen LogP contribution in [-0.2, 0) is 4.79 Å². The molecule has 0 saturated carbocycles. The van der Waals surface area contributed by atoms with Crippen LogP contribution in [0.5, 0.6) is 0 Å². The molecule has 6 nitrogen and oxygen atoms in total. The van der Waals surface area contributed by atoms with Crippen LogP contribution in [0.4, 0.5) is 4.39 Å². The average Bonchev–Trinajstić information content (AvgIpc) is 2.53. The van der Waals surface area contributed by atoms with Gasteiger partial charge in [-0.3, -0.25) is 14.5 Å². The molecule has 156 valence electrons. The Morgan fingerprint density at radius 1 is 1.27 bits per heavy atom. The number of amides is 2. The number of piperidine rings is 1. The van der Waals surface area contributed by atoms with Crippen molar-refractivity contribution in [3.63, 3.8) is 0 Å². The van der Waals surface area contributed by atoms with E-state index in [9.17, 15) is 19.1 Å². The lowest BCUT2D eigenvalue weighted by molar-refractivity contribution is -0.138. The minimum absolute atomic E-state index is 0.0101. The molecule has 0 spiro atoms. The van der Waals surface area contributed by atoms with Crippen LogP contribution in [0.2, 0.25) is 5.02 Å². The first-order valence-corrected chi connectivity index (χ1v) is 9.89. The van der Waals surface area contributed by atoms with E-state index in [1.165, 1.54) is 6.07 Å². The summed E-state index contributed by atoms with van der Waals surface area (Å²) in [4.78, 5) is 25.7. The number of rotatable bonds is 5. The highest BCUT2D eigenvalue weighted by molar-refractivity contribution is 6.40. The quantitative estimate of drug-likeness (QED) is 0.601. The molecule has 1 fully saturated rings. The van der Waals surface area contributed by atoms with Crippen molar-refractivity contribution in [2.24, 2.45) is 5.92 Å². The number of carbonyl (C=O) groups excluding carboxylic acids is 2. The number of hydrogen-bond acceptors (Lipinski definition) is 4. The second kappa shape index (κ2) is 8.93. The summed E-state index contributed by atoms with van der Waals surface area (Å²) in [5.41, 5.74) is -2.38. The number of carbonyl (C=O) groups is 2. The fourth-order valence-corrected chi connectivity index (χ4v) is 3.82. The number of hydrogen-bond donors (Lipinski definition) is 3. The predicted octanol–water partition coefficient (Wildman–Crippen LogP) is 0.641. The Balaban J connectivity index is 2.03. The van der Waals surface area contributed by atoms with Gasteiger partial charge in [-0.25, -0.2) is 4.39 Å². The first-order chi connectivity index (χ1) is 13.6. The molecule has 3 N–H and O–H groups in total. The highest BCUT2D eigenvalue weighted by Crippen LogP contribution is 2.35. The Morgan fingerprint density at radius 3 is 2.43 bits per heavy atom. The van der Waals surface area contributed by atoms with Gasteiger partial charge >= 0.3 is 0 Å². The Morgan fingerprint density at radius 2 is 1.90 bits per heavy atom. The fourth-order valence-electron chi connectivity index (χ4n) is 3.59. The summed E-state index contributed by atoms with van der Waals surface area (Å²) in [5, 5.41) is 14.6. The van der Waals surface area contributed by atoms with Gasteiger partial charge < -0.3 is 15.7 Å². The topological polar surface area (TPSA) is 81.7 Å². The Bertz CT molecular complexity index is 780. The van der Waals surface area contributed by atoms with Gasteiger partial charge in [0.1, 0.15) is 13.7 Å². The van der Waals surface area contributed by atoms with Crippen molar-refractivity contribution >= 4 is 47.0 Å². The first-order valence-electron chi connectivity index (χ1n) is 9.51. The van der Waals surface area contributed by atoms with E-state index in [1.54, 1.807) is 0 Å². The zero-order valence-corrected chi connectivity index (χ0v) is 18.1. The van der Waals surface area contributed by atoms with E-state index in [0.29, 0.717) is 0 Å². The van der Waals surface area contributed by atoms with Crippen LogP contribution in [-0.4, -0.2) is 75.0 Å². The Kier molecular flexibility index (Phi) is 7.37. The minimum atomic E-state index is -1.96. The minimum Gasteiger partial charge on any atom is -0.385 e. The maximum atomic E-state index is 13.5. The SMILES string of the molecule is [B]C1([B])CC(CNC(=O)c2cc(F)cc(Cl)c2)CC([B])(O)N1CC(=O)NC(C)(C)C. The molecule has 2 atom stereocenters. The van der Waals surface area contributed by atoms with Crippen LogP contribution in [0.15, 0.2) is 18.2 Å². The molecule has 0 bridgehead atoms. The predicted molar refractivity (Wildman–Crippen MR) is 116 cm³/mol. The lowest BCUT2D eigenvalue weighted by Crippen LogP contribution is -2.69. The van der Waals surface area contributed by atoms with Crippen molar-refractivity contribution in [2.45, 2.75) is 50.1 Å². The summed E-state index contributed by atoms with van der Waals surface area (Å²) in [5.74, 6) is -1.94. The number of aliphatic hydroxyl groups is 1. The summed E-state index contributed by atoms with van der Waals surface area (Å²) < 4.78 is 13.5. The van der Waals surface area contributed by atoms with E-state index in [-0.39, 0.29) is 48.3 Å². The lowest BCUT2D eigenvalue weighted by atomic mass is 9.51. The van der Waals surface area contributed by atoms with Crippen molar-refractivity contribution in [1.29, 1.82) is 0 Å². The average molecular weight is 429 g/mol. The lowest BCUT2D eigenvalue weighted by Gasteiger charge is -2.55. The molecule has 1 saturated heterocycles. The third-order valence-corrected chi connectivity index (χ3v) is 4.89. The van der Waals surface area contributed by atoms with Crippen LogP contribution >= 0.6 is 11.6 Å². The largest absolute Gasteiger partial charge is 0.385 e. The van der Waals surface area contributed by atoms with Gasteiger partial charge in [-0.1, -0.05) is 16.9 Å². The van der Waals surface area contributed by atoms with E-state index in [4.69, 9.17) is 35.1 Å². The molecule has 1 aromatic rings. The van der Waals surface area contributed by atoms with Crippen molar-refractivity contribution in [3.05, 3.63) is 34.6 Å². The molecule has 2 rings (SSSR count). The molecule has 11 heteroatoms. The number of nitrogens with zero attached hydrogens (tertiary/aromatic N) is 1. The van der Waals surface area contributed by atoms with Crippen LogP contribution < -0.4 is 10.6 Å². The normalized spacial score (nSPS) is 24.3. The number of nitrogens with one attached hydrogen (secondary N) is 2. The maximum Gasteiger partial charge on any atom is 0.251 e. The van der Waals surface area contributed by atoms with Gasteiger partial charge in [0.15, 0.2) is 0 Å². The van der Waals surface area contributed by atoms with Crippen LogP contribution in [0.1, 0.15) is 44.0 Å². The maximum absolute atomic E-state index is 13.5. The number of benzene rings is 1. The zero-order chi connectivity index (χ0) is 22.9. The molecule has 1 heterocycles. The molecule has 6 radical (unpaired) electrons. The molecular weight excluding hydrogens is 405 g/mol. The molecule has 2 unspecified atom stereocenters. The molecule has 30 heavy (non-hydrogen) atoms.